The van der Waals surface area contributed by atoms with Crippen LogP contribution >= 0.6 is 27.3 Å². The van der Waals surface area contributed by atoms with E-state index in [0.29, 0.717) is 4.47 Å². The van der Waals surface area contributed by atoms with Crippen molar-refractivity contribution >= 4 is 37.3 Å². The molecule has 1 rings (SSSR count). The minimum atomic E-state index is -3.50. The number of nitrogens with one attached hydrogen (secondary N) is 1. The van der Waals surface area contributed by atoms with Crippen LogP contribution in [0.25, 0.3) is 0 Å². The van der Waals surface area contributed by atoms with Gasteiger partial charge in [-0.2, -0.15) is 0 Å². The van der Waals surface area contributed by atoms with Crippen molar-refractivity contribution in [1.82, 2.24) is 4.72 Å². The van der Waals surface area contributed by atoms with Crippen molar-refractivity contribution in [2.75, 3.05) is 6.61 Å². The summed E-state index contributed by atoms with van der Waals surface area (Å²) in [5.74, 6) is 0. The number of hydrogen-bond donors (Lipinski definition) is 2. The average Bonchev–Trinajstić information content (AvgIpc) is 2.51. The molecule has 0 aliphatic rings. The molecule has 1 unspecified atom stereocenters. The zero-order valence-electron chi connectivity index (χ0n) is 7.40. The van der Waals surface area contributed by atoms with E-state index in [-0.39, 0.29) is 10.8 Å². The van der Waals surface area contributed by atoms with Gasteiger partial charge in [0.2, 0.25) is 0 Å². The molecule has 7 heteroatoms. The summed E-state index contributed by atoms with van der Waals surface area (Å²) in [4.78, 5) is 0. The van der Waals surface area contributed by atoms with Crippen LogP contribution in [0.4, 0.5) is 0 Å². The van der Waals surface area contributed by atoms with Gasteiger partial charge in [0.1, 0.15) is 4.21 Å². The molecule has 0 aromatic carbocycles. The Bertz CT molecular complexity index is 401. The smallest absolute Gasteiger partial charge is 0.251 e. The van der Waals surface area contributed by atoms with Crippen LogP contribution in [0.5, 0.6) is 0 Å². The van der Waals surface area contributed by atoms with Crippen LogP contribution in [0, 0.1) is 0 Å². The van der Waals surface area contributed by atoms with Gasteiger partial charge < -0.3 is 5.11 Å². The van der Waals surface area contributed by atoms with Gasteiger partial charge in [0.25, 0.3) is 10.0 Å². The molecule has 0 fully saturated rings. The van der Waals surface area contributed by atoms with Gasteiger partial charge in [0.05, 0.1) is 6.61 Å². The zero-order chi connectivity index (χ0) is 10.8. The fraction of sp³-hybridized carbons (Fsp3) is 0.429. The average molecular weight is 300 g/mol. The Morgan fingerprint density at radius 2 is 2.36 bits per heavy atom. The van der Waals surface area contributed by atoms with E-state index in [2.05, 4.69) is 20.7 Å². The molecular formula is C7H10BrNO3S2. The Morgan fingerprint density at radius 3 is 2.79 bits per heavy atom. The van der Waals surface area contributed by atoms with Crippen molar-refractivity contribution in [1.29, 1.82) is 0 Å². The van der Waals surface area contributed by atoms with Gasteiger partial charge in [0.15, 0.2) is 0 Å². The lowest BCUT2D eigenvalue weighted by Crippen LogP contribution is -2.34. The topological polar surface area (TPSA) is 66.4 Å². The number of thiophene rings is 1. The number of halogens is 1. The lowest BCUT2D eigenvalue weighted by molar-refractivity contribution is 0.265. The summed E-state index contributed by atoms with van der Waals surface area (Å²) in [5.41, 5.74) is 0. The molecule has 2 N–H and O–H groups in total. The summed E-state index contributed by atoms with van der Waals surface area (Å²) in [7, 11) is -3.50. The predicted molar refractivity (Wildman–Crippen MR) is 58.9 cm³/mol. The maximum Gasteiger partial charge on any atom is 0.251 e. The molecule has 0 spiro atoms. The SMILES string of the molecule is CC(CO)NS(=O)(=O)c1sccc1Br. The van der Waals surface area contributed by atoms with E-state index < -0.39 is 16.1 Å². The van der Waals surface area contributed by atoms with Crippen molar-refractivity contribution < 1.29 is 13.5 Å². The first-order valence-electron chi connectivity index (χ1n) is 3.83. The number of rotatable bonds is 4. The van der Waals surface area contributed by atoms with Gasteiger partial charge in [-0.25, -0.2) is 13.1 Å². The number of hydrogen-bond acceptors (Lipinski definition) is 4. The number of aliphatic hydroxyl groups is 1. The fourth-order valence-electron chi connectivity index (χ4n) is 0.827. The summed E-state index contributed by atoms with van der Waals surface area (Å²) < 4.78 is 26.4. The molecule has 0 aliphatic heterocycles. The first kappa shape index (κ1) is 12.1. The second-order valence-corrected chi connectivity index (χ2v) is 6.44. The van der Waals surface area contributed by atoms with Gasteiger partial charge >= 0.3 is 0 Å². The molecule has 0 amide bonds. The zero-order valence-corrected chi connectivity index (χ0v) is 10.6. The minimum absolute atomic E-state index is 0.220. The molecule has 4 nitrogen and oxygen atoms in total. The predicted octanol–water partition coefficient (Wildman–Crippen LogP) is 1.17. The highest BCUT2D eigenvalue weighted by molar-refractivity contribution is 9.10. The Morgan fingerprint density at radius 1 is 1.71 bits per heavy atom. The summed E-state index contributed by atoms with van der Waals surface area (Å²) in [6.45, 7) is 1.38. The molecule has 1 aromatic rings. The van der Waals surface area contributed by atoms with Crippen LogP contribution in [0.15, 0.2) is 20.1 Å². The van der Waals surface area contributed by atoms with Gasteiger partial charge in [-0.1, -0.05) is 0 Å². The Balaban J connectivity index is 2.92. The van der Waals surface area contributed by atoms with Crippen molar-refractivity contribution in [2.24, 2.45) is 0 Å². The molecule has 0 radical (unpaired) electrons. The molecule has 14 heavy (non-hydrogen) atoms. The van der Waals surface area contributed by atoms with E-state index in [1.54, 1.807) is 18.4 Å². The van der Waals surface area contributed by atoms with Crippen LogP contribution in [0.1, 0.15) is 6.92 Å². The van der Waals surface area contributed by atoms with Crippen LogP contribution in [-0.2, 0) is 10.0 Å². The highest BCUT2D eigenvalue weighted by Gasteiger charge is 2.20. The van der Waals surface area contributed by atoms with Gasteiger partial charge in [-0.3, -0.25) is 0 Å². The largest absolute Gasteiger partial charge is 0.395 e. The van der Waals surface area contributed by atoms with Crippen molar-refractivity contribution in [3.05, 3.63) is 15.9 Å². The van der Waals surface area contributed by atoms with E-state index in [4.69, 9.17) is 5.11 Å². The Hall–Kier alpha value is 0.0500. The molecule has 0 saturated heterocycles. The normalized spacial score (nSPS) is 14.2. The van der Waals surface area contributed by atoms with E-state index in [0.717, 1.165) is 11.3 Å². The third kappa shape index (κ3) is 2.77. The molecular weight excluding hydrogens is 290 g/mol. The highest BCUT2D eigenvalue weighted by atomic mass is 79.9. The van der Waals surface area contributed by atoms with E-state index in [1.807, 2.05) is 0 Å². The first-order valence-corrected chi connectivity index (χ1v) is 6.99. The standard InChI is InChI=1S/C7H10BrNO3S2/c1-5(4-10)9-14(11,12)7-6(8)2-3-13-7/h2-3,5,9-10H,4H2,1H3. The maximum absolute atomic E-state index is 11.6. The third-order valence-electron chi connectivity index (χ3n) is 1.46. The van der Waals surface area contributed by atoms with Gasteiger partial charge in [-0.15, -0.1) is 11.3 Å². The monoisotopic (exact) mass is 299 g/mol. The second-order valence-electron chi connectivity index (χ2n) is 2.76. The van der Waals surface area contributed by atoms with Crippen molar-refractivity contribution in [2.45, 2.75) is 17.2 Å². The quantitative estimate of drug-likeness (QED) is 0.877. The van der Waals surface area contributed by atoms with Crippen LogP contribution < -0.4 is 4.72 Å². The van der Waals surface area contributed by atoms with Gasteiger partial charge in [-0.05, 0) is 34.3 Å². The molecule has 0 saturated carbocycles. The maximum atomic E-state index is 11.6. The number of sulfonamides is 1. The van der Waals surface area contributed by atoms with Crippen molar-refractivity contribution in [3.63, 3.8) is 0 Å². The molecule has 1 heterocycles. The minimum Gasteiger partial charge on any atom is -0.395 e. The summed E-state index contributed by atoms with van der Waals surface area (Å²) >= 11 is 4.27. The van der Waals surface area contributed by atoms with Crippen LogP contribution in [0.3, 0.4) is 0 Å². The fourth-order valence-corrected chi connectivity index (χ4v) is 4.42. The first-order chi connectivity index (χ1) is 6.47. The molecule has 80 valence electrons. The van der Waals surface area contributed by atoms with Crippen LogP contribution in [0.2, 0.25) is 0 Å². The lowest BCUT2D eigenvalue weighted by atomic mass is 10.4. The Kier molecular flexibility index (Phi) is 4.08. The van der Waals surface area contributed by atoms with Crippen molar-refractivity contribution in [3.8, 4) is 0 Å². The summed E-state index contributed by atoms with van der Waals surface area (Å²) in [6.07, 6.45) is 0. The molecule has 1 atom stereocenters. The summed E-state index contributed by atoms with van der Waals surface area (Å²) in [5, 5.41) is 10.4. The van der Waals surface area contributed by atoms with E-state index in [1.165, 1.54) is 0 Å². The van der Waals surface area contributed by atoms with E-state index in [9.17, 15) is 8.42 Å². The molecule has 1 aromatic heterocycles. The lowest BCUT2D eigenvalue weighted by Gasteiger charge is -2.10. The van der Waals surface area contributed by atoms with Gasteiger partial charge in [0, 0.05) is 10.5 Å². The Labute approximate surface area is 95.1 Å². The number of aliphatic hydroxyl groups excluding tert-OH is 1. The second kappa shape index (κ2) is 4.71. The third-order valence-corrected chi connectivity index (χ3v) is 5.72. The summed E-state index contributed by atoms with van der Waals surface area (Å²) in [6, 6.07) is 1.19. The highest BCUT2D eigenvalue weighted by Crippen LogP contribution is 2.27. The van der Waals surface area contributed by atoms with Crippen LogP contribution in [-0.4, -0.2) is 26.2 Å². The van der Waals surface area contributed by atoms with E-state index >= 15 is 0 Å². The molecule has 0 bridgehead atoms. The molecule has 0 aliphatic carbocycles.